The van der Waals surface area contributed by atoms with Crippen LogP contribution in [0.1, 0.15) is 19.4 Å². The number of rotatable bonds is 8. The summed E-state index contributed by atoms with van der Waals surface area (Å²) in [5.74, 6) is 1.87. The van der Waals surface area contributed by atoms with Crippen LogP contribution in [0.25, 0.3) is 0 Å². The van der Waals surface area contributed by atoms with E-state index in [9.17, 15) is 0 Å². The van der Waals surface area contributed by atoms with Gasteiger partial charge in [-0.3, -0.25) is 0 Å². The minimum Gasteiger partial charge on any atom is -0.380 e. The lowest BCUT2D eigenvalue weighted by atomic mass is 10.2. The minimum absolute atomic E-state index is 0.611. The van der Waals surface area contributed by atoms with Crippen molar-refractivity contribution in [3.63, 3.8) is 0 Å². The number of ether oxygens (including phenoxy) is 1. The van der Waals surface area contributed by atoms with E-state index >= 15 is 0 Å². The van der Waals surface area contributed by atoms with Crippen LogP contribution in [0.2, 0.25) is 0 Å². The van der Waals surface area contributed by atoms with Gasteiger partial charge in [0, 0.05) is 52.1 Å². The first-order chi connectivity index (χ1) is 12.2. The first-order valence-electron chi connectivity index (χ1n) is 9.21. The minimum atomic E-state index is 0.611. The molecule has 25 heavy (non-hydrogen) atoms. The maximum Gasteiger partial charge on any atom is 0.191 e. The van der Waals surface area contributed by atoms with Crippen LogP contribution in [0.4, 0.5) is 5.82 Å². The van der Waals surface area contributed by atoms with E-state index in [-0.39, 0.29) is 0 Å². The highest BCUT2D eigenvalue weighted by Crippen LogP contribution is 2.13. The van der Waals surface area contributed by atoms with Gasteiger partial charge >= 0.3 is 0 Å². The van der Waals surface area contributed by atoms with Gasteiger partial charge in [-0.25, -0.2) is 9.98 Å². The Hall–Kier alpha value is -1.86. The summed E-state index contributed by atoms with van der Waals surface area (Å²) in [6, 6.07) is 4.22. The normalized spacial score (nSPS) is 16.1. The number of aliphatic imine (C=N–C) groups is 1. The molecule has 0 spiro atoms. The monoisotopic (exact) mass is 348 g/mol. The topological polar surface area (TPSA) is 65.0 Å². The van der Waals surface area contributed by atoms with Crippen molar-refractivity contribution in [1.82, 2.24) is 20.5 Å². The van der Waals surface area contributed by atoms with Gasteiger partial charge in [0.15, 0.2) is 5.96 Å². The van der Waals surface area contributed by atoms with Gasteiger partial charge < -0.3 is 25.2 Å². The van der Waals surface area contributed by atoms with Crippen molar-refractivity contribution in [2.45, 2.75) is 20.4 Å². The van der Waals surface area contributed by atoms with Crippen molar-refractivity contribution in [1.29, 1.82) is 0 Å². The summed E-state index contributed by atoms with van der Waals surface area (Å²) in [6.07, 6.45) is 1.93. The number of guanidine groups is 1. The molecule has 0 amide bonds. The van der Waals surface area contributed by atoms with Gasteiger partial charge in [0.1, 0.15) is 5.82 Å². The maximum absolute atomic E-state index is 5.34. The molecular weight excluding hydrogens is 316 g/mol. The van der Waals surface area contributed by atoms with Crippen molar-refractivity contribution < 1.29 is 4.74 Å². The summed E-state index contributed by atoms with van der Waals surface area (Å²) >= 11 is 0. The van der Waals surface area contributed by atoms with Gasteiger partial charge in [-0.2, -0.15) is 0 Å². The van der Waals surface area contributed by atoms with E-state index in [1.807, 2.05) is 13.1 Å². The highest BCUT2D eigenvalue weighted by molar-refractivity contribution is 5.79. The Labute approximate surface area is 151 Å². The fourth-order valence-electron chi connectivity index (χ4n) is 2.63. The van der Waals surface area contributed by atoms with Crippen LogP contribution >= 0.6 is 0 Å². The molecular formula is C18H32N6O. The van der Waals surface area contributed by atoms with E-state index in [1.165, 1.54) is 0 Å². The largest absolute Gasteiger partial charge is 0.380 e. The van der Waals surface area contributed by atoms with Gasteiger partial charge in [0.2, 0.25) is 0 Å². The van der Waals surface area contributed by atoms with E-state index in [0.717, 1.165) is 63.2 Å². The fourth-order valence-corrected chi connectivity index (χ4v) is 2.63. The molecule has 140 valence electrons. The van der Waals surface area contributed by atoms with E-state index < -0.39 is 0 Å². The number of pyridine rings is 1. The molecule has 0 radical (unpaired) electrons. The molecule has 0 atom stereocenters. The second-order valence-corrected chi connectivity index (χ2v) is 6.13. The van der Waals surface area contributed by atoms with Crippen LogP contribution in [0.3, 0.4) is 0 Å². The number of likely N-dealkylation sites (N-methyl/N-ethyl adjacent to an activating group) is 1. The van der Waals surface area contributed by atoms with Gasteiger partial charge in [0.05, 0.1) is 13.2 Å². The zero-order valence-electron chi connectivity index (χ0n) is 15.8. The fraction of sp³-hybridized carbons (Fsp3) is 0.667. The van der Waals surface area contributed by atoms with Gasteiger partial charge in [-0.05, 0) is 32.5 Å². The summed E-state index contributed by atoms with van der Waals surface area (Å²) in [4.78, 5) is 13.9. The Bertz CT molecular complexity index is 511. The number of hydrogen-bond acceptors (Lipinski definition) is 5. The van der Waals surface area contributed by atoms with Crippen LogP contribution in [-0.2, 0) is 11.3 Å². The lowest BCUT2D eigenvalue weighted by Crippen LogP contribution is -2.44. The number of nitrogens with one attached hydrogen (secondary N) is 2. The highest BCUT2D eigenvalue weighted by Gasteiger charge is 2.14. The van der Waals surface area contributed by atoms with E-state index in [4.69, 9.17) is 4.74 Å². The van der Waals surface area contributed by atoms with Crippen LogP contribution in [0.5, 0.6) is 0 Å². The Kier molecular flexibility index (Phi) is 8.48. The molecule has 2 heterocycles. The molecule has 0 aliphatic carbocycles. The number of aromatic nitrogens is 1. The molecule has 1 aliphatic rings. The van der Waals surface area contributed by atoms with E-state index in [0.29, 0.717) is 13.2 Å². The van der Waals surface area contributed by atoms with Crippen LogP contribution in [-0.4, -0.2) is 75.4 Å². The molecule has 1 saturated heterocycles. The number of hydrogen-bond donors (Lipinski definition) is 2. The predicted molar refractivity (Wildman–Crippen MR) is 103 cm³/mol. The van der Waals surface area contributed by atoms with Crippen LogP contribution < -0.4 is 15.5 Å². The molecule has 0 aromatic carbocycles. The molecule has 1 aromatic rings. The molecule has 1 aliphatic heterocycles. The molecule has 0 bridgehead atoms. The maximum atomic E-state index is 5.34. The van der Waals surface area contributed by atoms with Crippen molar-refractivity contribution in [2.75, 3.05) is 64.4 Å². The molecule has 0 saturated carbocycles. The third-order valence-electron chi connectivity index (χ3n) is 4.14. The zero-order chi connectivity index (χ0) is 17.9. The summed E-state index contributed by atoms with van der Waals surface area (Å²) in [7, 11) is 2.16. The first-order valence-corrected chi connectivity index (χ1v) is 9.21. The lowest BCUT2D eigenvalue weighted by molar-refractivity contribution is 0.152. The third kappa shape index (κ3) is 6.88. The van der Waals surface area contributed by atoms with Crippen LogP contribution in [0, 0.1) is 0 Å². The summed E-state index contributed by atoms with van der Waals surface area (Å²) in [6.45, 7) is 11.9. The number of nitrogens with zero attached hydrogens (tertiary/aromatic N) is 4. The van der Waals surface area contributed by atoms with Crippen molar-refractivity contribution >= 4 is 11.8 Å². The molecule has 0 unspecified atom stereocenters. The van der Waals surface area contributed by atoms with Crippen molar-refractivity contribution in [2.24, 2.45) is 4.99 Å². The molecule has 1 aromatic heterocycles. The summed E-state index contributed by atoms with van der Waals surface area (Å²) in [5.41, 5.74) is 1.11. The lowest BCUT2D eigenvalue weighted by Gasteiger charge is -2.33. The number of piperazine rings is 1. The highest BCUT2D eigenvalue weighted by atomic mass is 16.5. The van der Waals surface area contributed by atoms with Crippen molar-refractivity contribution in [3.05, 3.63) is 23.9 Å². The van der Waals surface area contributed by atoms with Crippen LogP contribution in [0.15, 0.2) is 23.3 Å². The molecule has 7 heteroatoms. The third-order valence-corrected chi connectivity index (χ3v) is 4.14. The Balaban J connectivity index is 1.85. The number of anilines is 1. The standard InChI is InChI=1S/C18H32N6O/c1-4-19-18(20-8-13-25-5-2)22-15-16-6-7-17(21-14-16)24-11-9-23(3)10-12-24/h6-7,14H,4-5,8-13,15H2,1-3H3,(H2,19,20,22). The second-order valence-electron chi connectivity index (χ2n) is 6.13. The molecule has 2 N–H and O–H groups in total. The van der Waals surface area contributed by atoms with E-state index in [1.54, 1.807) is 0 Å². The quantitative estimate of drug-likeness (QED) is 0.414. The second kappa shape index (κ2) is 10.9. The Morgan fingerprint density at radius 2 is 2.00 bits per heavy atom. The first kappa shape index (κ1) is 19.5. The average Bonchev–Trinajstić information content (AvgIpc) is 2.64. The van der Waals surface area contributed by atoms with Gasteiger partial charge in [-0.1, -0.05) is 6.07 Å². The molecule has 1 fully saturated rings. The summed E-state index contributed by atoms with van der Waals surface area (Å²) < 4.78 is 5.34. The Morgan fingerprint density at radius 3 is 2.64 bits per heavy atom. The van der Waals surface area contributed by atoms with Gasteiger partial charge in [-0.15, -0.1) is 0 Å². The molecule has 2 rings (SSSR count). The predicted octanol–water partition coefficient (Wildman–Crippen LogP) is 0.925. The Morgan fingerprint density at radius 1 is 1.20 bits per heavy atom. The van der Waals surface area contributed by atoms with Gasteiger partial charge in [0.25, 0.3) is 0 Å². The van der Waals surface area contributed by atoms with E-state index in [2.05, 4.69) is 56.5 Å². The SMILES string of the molecule is CCNC(=NCc1ccc(N2CCN(C)CC2)nc1)NCCOCC. The van der Waals surface area contributed by atoms with Crippen molar-refractivity contribution in [3.8, 4) is 0 Å². The smallest absolute Gasteiger partial charge is 0.191 e. The zero-order valence-corrected chi connectivity index (χ0v) is 15.8. The summed E-state index contributed by atoms with van der Waals surface area (Å²) in [5, 5.41) is 6.52. The average molecular weight is 348 g/mol. The molecule has 7 nitrogen and oxygen atoms in total.